The number of hydrogen-bond donors (Lipinski definition) is 2. The van der Waals surface area contributed by atoms with E-state index in [0.29, 0.717) is 22.8 Å². The van der Waals surface area contributed by atoms with Crippen molar-refractivity contribution in [3.8, 4) is 34.5 Å². The molecule has 0 unspecified atom stereocenters. The van der Waals surface area contributed by atoms with Crippen molar-refractivity contribution in [3.05, 3.63) is 65.7 Å². The Morgan fingerprint density at radius 3 is 1.54 bits per heavy atom. The van der Waals surface area contributed by atoms with Crippen molar-refractivity contribution in [2.45, 2.75) is 12.8 Å². The number of methoxy groups -OCH3 is 6. The number of aliphatic carboxylic acids is 1. The summed E-state index contributed by atoms with van der Waals surface area (Å²) in [6.07, 6.45) is 0.856. The summed E-state index contributed by atoms with van der Waals surface area (Å²) in [5.41, 5.74) is 2.86. The van der Waals surface area contributed by atoms with E-state index in [4.69, 9.17) is 33.5 Å². The van der Waals surface area contributed by atoms with E-state index in [1.54, 1.807) is 46.6 Å². The highest BCUT2D eigenvalue weighted by Crippen LogP contribution is 2.30. The van der Waals surface area contributed by atoms with Crippen LogP contribution in [-0.4, -0.2) is 60.3 Å². The lowest BCUT2D eigenvalue weighted by molar-refractivity contribution is -0.136. The van der Waals surface area contributed by atoms with Gasteiger partial charge in [-0.3, -0.25) is 4.79 Å². The number of carboxylic acid groups (broad SMARTS) is 1. The second-order valence-corrected chi connectivity index (χ2v) is 7.70. The zero-order valence-electron chi connectivity index (χ0n) is 22.1. The van der Waals surface area contributed by atoms with Crippen molar-refractivity contribution in [1.29, 1.82) is 0 Å². The van der Waals surface area contributed by atoms with E-state index in [9.17, 15) is 4.79 Å². The fourth-order valence-corrected chi connectivity index (χ4v) is 3.50. The topological polar surface area (TPSA) is 105 Å². The van der Waals surface area contributed by atoms with E-state index in [0.717, 1.165) is 35.9 Å². The van der Waals surface area contributed by atoms with Crippen LogP contribution in [0.4, 0.5) is 5.69 Å². The lowest BCUT2D eigenvalue weighted by Crippen LogP contribution is -2.05. The molecule has 9 heteroatoms. The zero-order chi connectivity index (χ0) is 27.2. The molecule has 0 fully saturated rings. The maximum absolute atomic E-state index is 10.5. The van der Waals surface area contributed by atoms with Crippen LogP contribution < -0.4 is 33.7 Å². The van der Waals surface area contributed by atoms with Crippen LogP contribution in [0.25, 0.3) is 0 Å². The Balaban J connectivity index is 0.000000294. The molecule has 0 aromatic heterocycles. The van der Waals surface area contributed by atoms with Crippen LogP contribution in [0.2, 0.25) is 0 Å². The fraction of sp³-hybridized carbons (Fsp3) is 0.321. The smallest absolute Gasteiger partial charge is 0.307 e. The molecule has 9 nitrogen and oxygen atoms in total. The van der Waals surface area contributed by atoms with Crippen molar-refractivity contribution in [1.82, 2.24) is 0 Å². The van der Waals surface area contributed by atoms with Crippen LogP contribution in [0.5, 0.6) is 34.5 Å². The van der Waals surface area contributed by atoms with E-state index in [-0.39, 0.29) is 6.42 Å². The van der Waals surface area contributed by atoms with Gasteiger partial charge in [-0.15, -0.1) is 0 Å². The zero-order valence-corrected chi connectivity index (χ0v) is 22.1. The van der Waals surface area contributed by atoms with Gasteiger partial charge >= 0.3 is 5.97 Å². The molecule has 0 amide bonds. The molecule has 0 bridgehead atoms. The molecule has 0 saturated heterocycles. The van der Waals surface area contributed by atoms with E-state index in [2.05, 4.69) is 5.32 Å². The molecule has 0 heterocycles. The summed E-state index contributed by atoms with van der Waals surface area (Å²) < 4.78 is 31.2. The molecule has 0 aliphatic rings. The van der Waals surface area contributed by atoms with E-state index in [1.165, 1.54) is 19.8 Å². The van der Waals surface area contributed by atoms with Crippen molar-refractivity contribution < 1.29 is 38.3 Å². The largest absolute Gasteiger partial charge is 0.493 e. The molecule has 2 N–H and O–H groups in total. The number of benzene rings is 3. The van der Waals surface area contributed by atoms with Gasteiger partial charge in [0.1, 0.15) is 0 Å². The van der Waals surface area contributed by atoms with Gasteiger partial charge in [0.25, 0.3) is 0 Å². The summed E-state index contributed by atoms with van der Waals surface area (Å²) in [5, 5.41) is 12.0. The molecule has 0 aliphatic carbocycles. The minimum Gasteiger partial charge on any atom is -0.493 e. The Morgan fingerprint density at radius 1 is 0.622 bits per heavy atom. The Labute approximate surface area is 217 Å². The van der Waals surface area contributed by atoms with Crippen LogP contribution in [0.1, 0.15) is 11.1 Å². The Kier molecular flexibility index (Phi) is 11.7. The molecule has 0 saturated carbocycles. The lowest BCUT2D eigenvalue weighted by Gasteiger charge is -2.12. The average Bonchev–Trinajstić information content (AvgIpc) is 2.92. The van der Waals surface area contributed by atoms with E-state index in [1.807, 2.05) is 36.4 Å². The van der Waals surface area contributed by atoms with Gasteiger partial charge in [-0.25, -0.2) is 0 Å². The lowest BCUT2D eigenvalue weighted by atomic mass is 10.1. The highest BCUT2D eigenvalue weighted by Gasteiger charge is 2.07. The molecule has 0 radical (unpaired) electrons. The number of anilines is 1. The SMILES string of the molecule is COc1ccc(CC(=O)O)cc1OC.COc1ccc(CCNc2ccc(OC)c(OC)c2)cc1OC. The Hall–Kier alpha value is -4.27. The summed E-state index contributed by atoms with van der Waals surface area (Å²) in [5.74, 6) is 3.20. The van der Waals surface area contributed by atoms with Crippen LogP contribution in [0.15, 0.2) is 54.6 Å². The molecule has 0 atom stereocenters. The van der Waals surface area contributed by atoms with Crippen LogP contribution in [-0.2, 0) is 17.6 Å². The number of rotatable bonds is 12. The van der Waals surface area contributed by atoms with E-state index < -0.39 is 5.97 Å². The third kappa shape index (κ3) is 8.71. The Bertz CT molecular complexity index is 1090. The van der Waals surface area contributed by atoms with Gasteiger partial charge in [0, 0.05) is 18.3 Å². The first-order chi connectivity index (χ1) is 17.9. The minimum absolute atomic E-state index is 0.0135. The third-order valence-electron chi connectivity index (χ3n) is 5.38. The molecular weight excluding hydrogens is 478 g/mol. The summed E-state index contributed by atoms with van der Waals surface area (Å²) in [7, 11) is 9.59. The van der Waals surface area contributed by atoms with Crippen molar-refractivity contribution in [3.63, 3.8) is 0 Å². The number of ether oxygens (including phenoxy) is 6. The van der Waals surface area contributed by atoms with Crippen molar-refractivity contribution in [2.75, 3.05) is 54.5 Å². The number of carboxylic acids is 1. The standard InChI is InChI=1S/C18H23NO4.C10H12O4/c1-20-15-7-5-13(11-17(15)22-3)9-10-19-14-6-8-16(21-2)18(12-14)23-4;1-13-8-4-3-7(6-10(11)12)5-9(8)14-2/h5-8,11-12,19H,9-10H2,1-4H3;3-5H,6H2,1-2H3,(H,11,12). The van der Waals surface area contributed by atoms with Crippen LogP contribution >= 0.6 is 0 Å². The number of hydrogen-bond acceptors (Lipinski definition) is 8. The molecule has 3 rings (SSSR count). The van der Waals surface area contributed by atoms with Crippen molar-refractivity contribution >= 4 is 11.7 Å². The summed E-state index contributed by atoms with van der Waals surface area (Å²) >= 11 is 0. The van der Waals surface area contributed by atoms with Crippen LogP contribution in [0.3, 0.4) is 0 Å². The molecule has 3 aromatic carbocycles. The summed E-state index contributed by atoms with van der Waals surface area (Å²) in [6, 6.07) is 16.8. The van der Waals surface area contributed by atoms with Gasteiger partial charge in [-0.2, -0.15) is 0 Å². The van der Waals surface area contributed by atoms with Gasteiger partial charge in [-0.1, -0.05) is 12.1 Å². The van der Waals surface area contributed by atoms with Gasteiger partial charge in [0.05, 0.1) is 49.1 Å². The first-order valence-electron chi connectivity index (χ1n) is 11.5. The van der Waals surface area contributed by atoms with Gasteiger partial charge in [0.15, 0.2) is 34.5 Å². The molecular formula is C28H35NO8. The second kappa shape index (κ2) is 15.0. The quantitative estimate of drug-likeness (QED) is 0.356. The highest BCUT2D eigenvalue weighted by molar-refractivity contribution is 5.70. The monoisotopic (exact) mass is 513 g/mol. The van der Waals surface area contributed by atoms with E-state index >= 15 is 0 Å². The van der Waals surface area contributed by atoms with Gasteiger partial charge < -0.3 is 38.8 Å². The minimum atomic E-state index is -0.864. The molecule has 0 spiro atoms. The first-order valence-corrected chi connectivity index (χ1v) is 11.5. The highest BCUT2D eigenvalue weighted by atomic mass is 16.5. The Morgan fingerprint density at radius 2 is 1.05 bits per heavy atom. The number of nitrogens with one attached hydrogen (secondary N) is 1. The number of carbonyl (C=O) groups is 1. The predicted molar refractivity (Wildman–Crippen MR) is 142 cm³/mol. The van der Waals surface area contributed by atoms with Gasteiger partial charge in [0.2, 0.25) is 0 Å². The normalized spacial score (nSPS) is 9.89. The molecule has 200 valence electrons. The molecule has 3 aromatic rings. The molecule has 0 aliphatic heterocycles. The maximum Gasteiger partial charge on any atom is 0.307 e. The van der Waals surface area contributed by atoms with Crippen LogP contribution in [0, 0.1) is 0 Å². The second-order valence-electron chi connectivity index (χ2n) is 7.70. The van der Waals surface area contributed by atoms with Crippen molar-refractivity contribution in [2.24, 2.45) is 0 Å². The summed E-state index contributed by atoms with van der Waals surface area (Å²) in [4.78, 5) is 10.5. The van der Waals surface area contributed by atoms with Gasteiger partial charge in [-0.05, 0) is 53.9 Å². The predicted octanol–water partition coefficient (Wildman–Crippen LogP) is 4.71. The summed E-state index contributed by atoms with van der Waals surface area (Å²) in [6.45, 7) is 0.797. The molecule has 37 heavy (non-hydrogen) atoms. The first kappa shape index (κ1) is 29.0. The maximum atomic E-state index is 10.5. The fourth-order valence-electron chi connectivity index (χ4n) is 3.50. The third-order valence-corrected chi connectivity index (χ3v) is 5.38. The average molecular weight is 514 g/mol.